The van der Waals surface area contributed by atoms with Crippen molar-refractivity contribution in [1.29, 1.82) is 0 Å². The summed E-state index contributed by atoms with van der Waals surface area (Å²) >= 11 is 2.84. The number of hydrogen-bond donors (Lipinski definition) is 2. The molecule has 0 saturated heterocycles. The number of aryl methyl sites for hydroxylation is 1. The van der Waals surface area contributed by atoms with Gasteiger partial charge < -0.3 is 9.80 Å². The fourth-order valence-corrected chi connectivity index (χ4v) is 13.6. The maximum Gasteiger partial charge on any atom is 0.297 e. The van der Waals surface area contributed by atoms with Gasteiger partial charge in [-0.15, -0.1) is 20.5 Å². The number of benzene rings is 4. The van der Waals surface area contributed by atoms with Gasteiger partial charge in [0.2, 0.25) is 10.3 Å². The molecule has 6 heterocycles. The van der Waals surface area contributed by atoms with E-state index in [1.165, 1.54) is 33.8 Å². The molecule has 14 nitrogen and oxygen atoms in total. The fourth-order valence-electron chi connectivity index (χ4n) is 10.1. The smallest absolute Gasteiger partial charge is 0.297 e. The van der Waals surface area contributed by atoms with Gasteiger partial charge in [-0.3, -0.25) is 9.11 Å². The average Bonchev–Trinajstić information content (AvgIpc) is 3.86. The molecule has 19 heteroatoms. The summed E-state index contributed by atoms with van der Waals surface area (Å²) in [4.78, 5) is 13.4. The van der Waals surface area contributed by atoms with E-state index < -0.39 is 20.2 Å². The Labute approximate surface area is 404 Å². The Morgan fingerprint density at radius 3 is 1.68 bits per heavy atom. The molecule has 0 amide bonds. The minimum absolute atomic E-state index is 0. The van der Waals surface area contributed by atoms with Crippen LogP contribution in [0.3, 0.4) is 0 Å². The molecule has 1 unspecified atom stereocenters. The number of hydrogen-bond acceptors (Lipinski definition) is 14. The fraction of sp³-hybridized carbons (Fsp3) is 0.447. The summed E-state index contributed by atoms with van der Waals surface area (Å²) in [5, 5.41) is 18.1. The van der Waals surface area contributed by atoms with Crippen molar-refractivity contribution in [2.75, 3.05) is 29.4 Å². The Morgan fingerprint density at radius 2 is 1.17 bits per heavy atom. The van der Waals surface area contributed by atoms with Gasteiger partial charge in [-0.05, 0) is 146 Å². The second kappa shape index (κ2) is 18.4. The summed E-state index contributed by atoms with van der Waals surface area (Å²) in [6, 6.07) is 15.9. The molecule has 0 spiro atoms. The van der Waals surface area contributed by atoms with Crippen molar-refractivity contribution in [3.05, 3.63) is 81.9 Å². The summed E-state index contributed by atoms with van der Waals surface area (Å²) in [5.74, 6) is 1.06. The Morgan fingerprint density at radius 1 is 0.682 bits per heavy atom. The van der Waals surface area contributed by atoms with Crippen molar-refractivity contribution in [3.8, 4) is 0 Å². The van der Waals surface area contributed by atoms with E-state index in [2.05, 4.69) is 113 Å². The molecule has 0 bridgehead atoms. The van der Waals surface area contributed by atoms with E-state index in [0.29, 0.717) is 46.1 Å². The van der Waals surface area contributed by atoms with Crippen LogP contribution in [0.4, 0.5) is 33.0 Å². The normalized spacial score (nSPS) is 18.0. The largest absolute Gasteiger partial charge is 0.371 e. The molecular formula is C47H54N8NiO6S4. The number of aromatic nitrogens is 2. The number of anilines is 2. The first-order chi connectivity index (χ1) is 30.8. The van der Waals surface area contributed by atoms with Gasteiger partial charge in [-0.1, -0.05) is 69.4 Å². The SMILES string of the molecule is CC(C)c1ccc2nc(N=Nc3cc4c5c(c3S(=O)(=O)O)CCCN5C(C)(C)CC4C)sc2c1.CC(C)c1ccc2nc(N=Nc3cc4c5c(c3S(=O)(=O)O)CCCN5CCC4)sc2c1.[Ni]. The quantitative estimate of drug-likeness (QED) is 0.0843. The van der Waals surface area contributed by atoms with Crippen LogP contribution in [0.1, 0.15) is 125 Å². The first-order valence-corrected chi connectivity index (χ1v) is 26.8. The van der Waals surface area contributed by atoms with Crippen molar-refractivity contribution in [3.63, 3.8) is 0 Å². The monoisotopic (exact) mass is 1010 g/mol. The van der Waals surface area contributed by atoms with Gasteiger partial charge in [-0.2, -0.15) is 16.8 Å². The van der Waals surface area contributed by atoms with Crippen molar-refractivity contribution in [2.24, 2.45) is 20.5 Å². The van der Waals surface area contributed by atoms with Crippen LogP contribution < -0.4 is 9.80 Å². The second-order valence-corrected chi connectivity index (χ2v) is 23.6. The Bertz CT molecular complexity index is 3160. The van der Waals surface area contributed by atoms with Gasteiger partial charge in [-0.25, -0.2) is 9.97 Å². The van der Waals surface area contributed by atoms with Gasteiger partial charge in [0.1, 0.15) is 21.2 Å². The van der Waals surface area contributed by atoms with E-state index in [1.54, 1.807) is 12.1 Å². The van der Waals surface area contributed by atoms with Crippen LogP contribution in [-0.2, 0) is 56.0 Å². The minimum atomic E-state index is -4.50. The van der Waals surface area contributed by atoms with Gasteiger partial charge in [0.15, 0.2) is 0 Å². The zero-order valence-electron chi connectivity index (χ0n) is 38.0. The molecule has 0 saturated carbocycles. The van der Waals surface area contributed by atoms with Crippen LogP contribution in [0.15, 0.2) is 78.8 Å². The van der Waals surface area contributed by atoms with Gasteiger partial charge in [0, 0.05) is 53.0 Å². The zero-order valence-corrected chi connectivity index (χ0v) is 42.2. The molecule has 0 aliphatic carbocycles. The van der Waals surface area contributed by atoms with Crippen LogP contribution in [0.5, 0.6) is 0 Å². The van der Waals surface area contributed by atoms with Gasteiger partial charge in [0.25, 0.3) is 20.2 Å². The molecule has 6 aromatic rings. The molecule has 2 aromatic heterocycles. The molecule has 1 atom stereocenters. The van der Waals surface area contributed by atoms with Crippen LogP contribution in [0.2, 0.25) is 0 Å². The molecule has 4 aliphatic heterocycles. The molecule has 352 valence electrons. The van der Waals surface area contributed by atoms with E-state index in [-0.39, 0.29) is 49.1 Å². The average molecular weight is 1010 g/mol. The van der Waals surface area contributed by atoms with Crippen LogP contribution >= 0.6 is 22.7 Å². The summed E-state index contributed by atoms with van der Waals surface area (Å²) in [6.45, 7) is 17.8. The number of fused-ring (bicyclic) bond motifs is 2. The third-order valence-corrected chi connectivity index (χ3v) is 16.8. The molecule has 4 aromatic carbocycles. The molecular weight excluding hydrogens is 960 g/mol. The van der Waals surface area contributed by atoms with E-state index in [4.69, 9.17) is 0 Å². The third-order valence-electron chi connectivity index (χ3n) is 13.1. The minimum Gasteiger partial charge on any atom is -0.371 e. The number of rotatable bonds is 8. The Hall–Kier alpha value is -4.23. The van der Waals surface area contributed by atoms with Crippen LogP contribution in [0, 0.1) is 0 Å². The zero-order chi connectivity index (χ0) is 46.2. The molecule has 2 N–H and O–H groups in total. The summed E-state index contributed by atoms with van der Waals surface area (Å²) < 4.78 is 72.1. The van der Waals surface area contributed by atoms with Crippen molar-refractivity contribution in [2.45, 2.75) is 126 Å². The second-order valence-electron chi connectivity index (χ2n) is 18.8. The molecule has 66 heavy (non-hydrogen) atoms. The summed E-state index contributed by atoms with van der Waals surface area (Å²) in [7, 11) is -8.94. The molecule has 0 radical (unpaired) electrons. The predicted molar refractivity (Wildman–Crippen MR) is 260 cm³/mol. The van der Waals surface area contributed by atoms with E-state index in [0.717, 1.165) is 94.7 Å². The Balaban J connectivity index is 0.000000177. The molecule has 10 rings (SSSR count). The third kappa shape index (κ3) is 9.33. The van der Waals surface area contributed by atoms with Crippen molar-refractivity contribution >= 4 is 96.4 Å². The standard InChI is InChI=1S/C25H30N4O3S2.C22H24N4O3S2.Ni/c1-14(2)16-8-9-19-21(11-16)33-24(26-19)28-27-20-12-18-15(3)13-25(4,5)29-10-6-7-17(22(18)29)23(20)34(30,31)32;1-13(2)14-7-8-17-19(12-14)30-22(23-17)25-24-18-11-15-5-3-9-26-10-4-6-16(20(15)26)21(18)31(27,28)29;/h8-9,11-12,14-15H,6-7,10,13H2,1-5H3,(H,30,31,32);7-8,11-13H,3-6,9-10H2,1-2H3,(H,27,28,29);. The van der Waals surface area contributed by atoms with Crippen LogP contribution in [-0.4, -0.2) is 61.1 Å². The summed E-state index contributed by atoms with van der Waals surface area (Å²) in [5.41, 5.74) is 9.82. The van der Waals surface area contributed by atoms with E-state index >= 15 is 0 Å². The maximum absolute atomic E-state index is 12.6. The van der Waals surface area contributed by atoms with Crippen LogP contribution in [0.25, 0.3) is 20.4 Å². The first kappa shape index (κ1) is 48.2. The number of azo groups is 2. The van der Waals surface area contributed by atoms with Crippen molar-refractivity contribution in [1.82, 2.24) is 9.97 Å². The predicted octanol–water partition coefficient (Wildman–Crippen LogP) is 12.9. The van der Waals surface area contributed by atoms with E-state index in [1.807, 2.05) is 12.1 Å². The maximum atomic E-state index is 12.6. The van der Waals surface area contributed by atoms with Crippen molar-refractivity contribution < 1.29 is 42.4 Å². The van der Waals surface area contributed by atoms with E-state index in [9.17, 15) is 25.9 Å². The number of nitrogens with zero attached hydrogens (tertiary/aromatic N) is 8. The van der Waals surface area contributed by atoms with Gasteiger partial charge in [0.05, 0.1) is 20.4 Å². The Kier molecular flexibility index (Phi) is 13.4. The summed E-state index contributed by atoms with van der Waals surface area (Å²) in [6.07, 6.45) is 5.71. The molecule has 0 fully saturated rings. The topological polar surface area (TPSA) is 190 Å². The first-order valence-electron chi connectivity index (χ1n) is 22.3. The van der Waals surface area contributed by atoms with Gasteiger partial charge >= 0.3 is 0 Å². The number of thiazole rings is 2. The molecule has 4 aliphatic rings.